The lowest BCUT2D eigenvalue weighted by Crippen LogP contribution is -2.18. The summed E-state index contributed by atoms with van der Waals surface area (Å²) in [5, 5.41) is 0. The quantitative estimate of drug-likeness (QED) is 0.208. The lowest BCUT2D eigenvalue weighted by Gasteiger charge is -1.76. The zero-order valence-corrected chi connectivity index (χ0v) is 3.39. The molecule has 0 amide bonds. The normalized spacial score (nSPS) is 8.83. The Morgan fingerprint density at radius 2 is 2.50 bits per heavy atom. The van der Waals surface area contributed by atoms with Gasteiger partial charge in [-0.05, 0) is 0 Å². The van der Waals surface area contributed by atoms with Gasteiger partial charge in [-0.2, -0.15) is 0 Å². The zero-order chi connectivity index (χ0) is 4.83. The van der Waals surface area contributed by atoms with E-state index in [1.165, 1.54) is 12.5 Å². The third-order valence-corrected chi connectivity index (χ3v) is 0.254. The molecule has 0 aromatic carbocycles. The Morgan fingerprint density at radius 3 is 2.67 bits per heavy atom. The number of hydrogen-bond acceptors (Lipinski definition) is 2. The van der Waals surface area contributed by atoms with Crippen LogP contribution in [0.1, 0.15) is 0 Å². The van der Waals surface area contributed by atoms with Crippen LogP contribution in [0, 0.1) is 0 Å². The SMILES string of the molecule is C=C/N=C\NN. The van der Waals surface area contributed by atoms with Crippen LogP contribution >= 0.6 is 0 Å². The van der Waals surface area contributed by atoms with Gasteiger partial charge in [0.25, 0.3) is 0 Å². The number of hydrazine groups is 1. The average Bonchev–Trinajstić information content (AvgIpc) is 1.61. The highest BCUT2D eigenvalue weighted by molar-refractivity contribution is 5.53. The summed E-state index contributed by atoms with van der Waals surface area (Å²) < 4.78 is 0. The first-order chi connectivity index (χ1) is 2.91. The average molecular weight is 85.1 g/mol. The van der Waals surface area contributed by atoms with E-state index in [1.807, 2.05) is 0 Å². The second-order valence-electron chi connectivity index (χ2n) is 0.627. The minimum atomic E-state index is 1.34. The van der Waals surface area contributed by atoms with E-state index >= 15 is 0 Å². The maximum Gasteiger partial charge on any atom is 0.102 e. The van der Waals surface area contributed by atoms with Gasteiger partial charge >= 0.3 is 0 Å². The number of nitrogens with zero attached hydrogens (tertiary/aromatic N) is 1. The molecule has 0 unspecified atom stereocenters. The van der Waals surface area contributed by atoms with Gasteiger partial charge in [-0.3, -0.25) is 0 Å². The van der Waals surface area contributed by atoms with Crippen molar-refractivity contribution in [2.45, 2.75) is 0 Å². The van der Waals surface area contributed by atoms with Crippen molar-refractivity contribution in [2.75, 3.05) is 0 Å². The fourth-order valence-corrected chi connectivity index (χ4v) is 0.0957. The van der Waals surface area contributed by atoms with E-state index in [0.717, 1.165) is 0 Å². The van der Waals surface area contributed by atoms with Crippen molar-refractivity contribution in [2.24, 2.45) is 10.8 Å². The first kappa shape index (κ1) is 5.17. The van der Waals surface area contributed by atoms with Gasteiger partial charge in [0.05, 0.1) is 0 Å². The highest BCUT2D eigenvalue weighted by Gasteiger charge is 1.49. The Balaban J connectivity index is 2.94. The van der Waals surface area contributed by atoms with E-state index in [2.05, 4.69) is 17.0 Å². The summed E-state index contributed by atoms with van der Waals surface area (Å²) in [7, 11) is 0. The van der Waals surface area contributed by atoms with Gasteiger partial charge < -0.3 is 5.43 Å². The number of nitrogens with two attached hydrogens (primary N) is 1. The molecule has 0 rings (SSSR count). The molecule has 3 N–H and O–H groups in total. The molecule has 3 heteroatoms. The van der Waals surface area contributed by atoms with Crippen LogP contribution in [0.3, 0.4) is 0 Å². The highest BCUT2D eigenvalue weighted by Crippen LogP contribution is 1.55. The molecule has 34 valence electrons. The molecule has 0 atom stereocenters. The standard InChI is InChI=1S/C3H7N3/c1-2-5-3-6-4/h2-3H,1,4H2,(H,5,6). The van der Waals surface area contributed by atoms with Crippen LogP contribution < -0.4 is 11.3 Å². The van der Waals surface area contributed by atoms with E-state index in [1.54, 1.807) is 0 Å². The summed E-state index contributed by atoms with van der Waals surface area (Å²) in [6.45, 7) is 3.30. The number of rotatable bonds is 2. The molecule has 0 aliphatic carbocycles. The molecule has 0 bridgehead atoms. The second kappa shape index (κ2) is 4.17. The zero-order valence-electron chi connectivity index (χ0n) is 3.39. The van der Waals surface area contributed by atoms with Crippen molar-refractivity contribution < 1.29 is 0 Å². The van der Waals surface area contributed by atoms with Gasteiger partial charge in [-0.15, -0.1) is 0 Å². The summed E-state index contributed by atoms with van der Waals surface area (Å²) >= 11 is 0. The van der Waals surface area contributed by atoms with E-state index in [9.17, 15) is 0 Å². The Hall–Kier alpha value is -0.830. The molecule has 0 saturated heterocycles. The Labute approximate surface area is 36.5 Å². The summed E-state index contributed by atoms with van der Waals surface area (Å²) in [5.74, 6) is 4.77. The number of aliphatic imine (C=N–C) groups is 1. The van der Waals surface area contributed by atoms with Crippen LogP contribution in [-0.2, 0) is 0 Å². The lowest BCUT2D eigenvalue weighted by atomic mass is 11.0. The Kier molecular flexibility index (Phi) is 3.59. The monoisotopic (exact) mass is 85.1 g/mol. The van der Waals surface area contributed by atoms with Gasteiger partial charge in [0.1, 0.15) is 6.34 Å². The molecule has 3 nitrogen and oxygen atoms in total. The molecule has 0 fully saturated rings. The summed E-state index contributed by atoms with van der Waals surface area (Å²) in [6, 6.07) is 0. The van der Waals surface area contributed by atoms with Gasteiger partial charge in [-0.1, -0.05) is 6.58 Å². The van der Waals surface area contributed by atoms with E-state index in [4.69, 9.17) is 5.84 Å². The van der Waals surface area contributed by atoms with Crippen LogP contribution in [0.4, 0.5) is 0 Å². The molecule has 0 aromatic heterocycles. The van der Waals surface area contributed by atoms with Crippen LogP contribution in [0.25, 0.3) is 0 Å². The molecule has 0 aliphatic heterocycles. The second-order valence-corrected chi connectivity index (χ2v) is 0.627. The molecular weight excluding hydrogens is 78.1 g/mol. The van der Waals surface area contributed by atoms with Crippen molar-refractivity contribution in [3.8, 4) is 0 Å². The van der Waals surface area contributed by atoms with Crippen LogP contribution in [0.2, 0.25) is 0 Å². The Morgan fingerprint density at radius 1 is 1.83 bits per heavy atom. The number of hydrogen-bond donors (Lipinski definition) is 2. The molecule has 0 radical (unpaired) electrons. The topological polar surface area (TPSA) is 50.4 Å². The molecule has 0 aromatic rings. The predicted octanol–water partition coefficient (Wildman–Crippen LogP) is -0.379. The summed E-state index contributed by atoms with van der Waals surface area (Å²) in [4.78, 5) is 3.49. The maximum atomic E-state index is 4.77. The van der Waals surface area contributed by atoms with Crippen LogP contribution in [0.15, 0.2) is 17.8 Å². The molecule has 0 aliphatic rings. The minimum Gasteiger partial charge on any atom is -0.315 e. The van der Waals surface area contributed by atoms with E-state index in [-0.39, 0.29) is 0 Å². The first-order valence-electron chi connectivity index (χ1n) is 1.50. The van der Waals surface area contributed by atoms with Crippen molar-refractivity contribution in [3.05, 3.63) is 12.8 Å². The summed E-state index contributed by atoms with van der Waals surface area (Å²) in [5.41, 5.74) is 2.21. The van der Waals surface area contributed by atoms with Gasteiger partial charge in [0.2, 0.25) is 0 Å². The van der Waals surface area contributed by atoms with Crippen molar-refractivity contribution >= 4 is 6.34 Å². The van der Waals surface area contributed by atoms with Gasteiger partial charge in [-0.25, -0.2) is 10.8 Å². The fraction of sp³-hybridized carbons (Fsp3) is 0. The molecule has 6 heavy (non-hydrogen) atoms. The smallest absolute Gasteiger partial charge is 0.102 e. The first-order valence-corrected chi connectivity index (χ1v) is 1.50. The Bertz CT molecular complexity index is 57.1. The van der Waals surface area contributed by atoms with E-state index < -0.39 is 0 Å². The molecule has 0 spiro atoms. The van der Waals surface area contributed by atoms with Gasteiger partial charge in [0, 0.05) is 6.20 Å². The lowest BCUT2D eigenvalue weighted by molar-refractivity contribution is 1.05. The van der Waals surface area contributed by atoms with Crippen LogP contribution in [0.5, 0.6) is 0 Å². The molecular formula is C3H7N3. The largest absolute Gasteiger partial charge is 0.315 e. The van der Waals surface area contributed by atoms with E-state index in [0.29, 0.717) is 0 Å². The highest BCUT2D eigenvalue weighted by atomic mass is 15.2. The molecule has 0 saturated carbocycles. The minimum absolute atomic E-state index is 1.34. The summed E-state index contributed by atoms with van der Waals surface area (Å²) in [6.07, 6.45) is 2.73. The van der Waals surface area contributed by atoms with Crippen molar-refractivity contribution in [3.63, 3.8) is 0 Å². The third-order valence-electron chi connectivity index (χ3n) is 0.254. The number of nitrogens with one attached hydrogen (secondary N) is 1. The van der Waals surface area contributed by atoms with Crippen LogP contribution in [-0.4, -0.2) is 6.34 Å². The third kappa shape index (κ3) is 3.17. The molecule has 0 heterocycles. The van der Waals surface area contributed by atoms with Crippen molar-refractivity contribution in [1.82, 2.24) is 5.43 Å². The fourth-order valence-electron chi connectivity index (χ4n) is 0.0957. The predicted molar refractivity (Wildman–Crippen MR) is 26.0 cm³/mol. The van der Waals surface area contributed by atoms with Crippen molar-refractivity contribution in [1.29, 1.82) is 0 Å². The van der Waals surface area contributed by atoms with Gasteiger partial charge in [0.15, 0.2) is 0 Å². The maximum absolute atomic E-state index is 4.77.